The van der Waals surface area contributed by atoms with Gasteiger partial charge in [-0.3, -0.25) is 14.2 Å². The number of carbonyl (C=O) groups excluding carboxylic acids is 1. The summed E-state index contributed by atoms with van der Waals surface area (Å²) in [5.41, 5.74) is 2.03. The Morgan fingerprint density at radius 3 is 2.70 bits per heavy atom. The first-order chi connectivity index (χ1) is 9.65. The molecule has 5 heteroatoms. The monoisotopic (exact) mass is 271 g/mol. The smallest absolute Gasteiger partial charge is 0.253 e. The first kappa shape index (κ1) is 14.0. The minimum Gasteiger partial charge on any atom is -0.354 e. The maximum Gasteiger partial charge on any atom is 0.253 e. The van der Waals surface area contributed by atoms with Crippen molar-refractivity contribution in [1.82, 2.24) is 14.9 Å². The fourth-order valence-corrected chi connectivity index (χ4v) is 1.82. The molecule has 104 valence electrons. The predicted molar refractivity (Wildman–Crippen MR) is 76.4 cm³/mol. The van der Waals surface area contributed by atoms with Gasteiger partial charge in [0.1, 0.15) is 0 Å². The van der Waals surface area contributed by atoms with Crippen LogP contribution in [0.1, 0.15) is 11.1 Å². The molecule has 2 rings (SSSR count). The number of nitrogens with one attached hydrogen (secondary N) is 1. The summed E-state index contributed by atoms with van der Waals surface area (Å²) in [5, 5.41) is 2.80. The first-order valence-corrected chi connectivity index (χ1v) is 6.48. The summed E-state index contributed by atoms with van der Waals surface area (Å²) in [4.78, 5) is 27.1. The highest BCUT2D eigenvalue weighted by atomic mass is 16.1. The molecule has 1 N–H and O–H groups in total. The van der Waals surface area contributed by atoms with E-state index < -0.39 is 0 Å². The highest BCUT2D eigenvalue weighted by molar-refractivity contribution is 5.78. The zero-order chi connectivity index (χ0) is 14.4. The summed E-state index contributed by atoms with van der Waals surface area (Å²) in [7, 11) is 0. The van der Waals surface area contributed by atoms with E-state index in [4.69, 9.17) is 0 Å². The summed E-state index contributed by atoms with van der Waals surface area (Å²) in [6.07, 6.45) is 3.27. The highest BCUT2D eigenvalue weighted by Crippen LogP contribution is 2.03. The quantitative estimate of drug-likeness (QED) is 0.879. The van der Waals surface area contributed by atoms with E-state index in [9.17, 15) is 9.59 Å². The summed E-state index contributed by atoms with van der Waals surface area (Å²) < 4.78 is 1.46. The number of carbonyl (C=O) groups is 1. The lowest BCUT2D eigenvalue weighted by atomic mass is 10.1. The molecule has 1 aromatic heterocycles. The molecule has 2 aromatic rings. The molecular formula is C15H17N3O2. The van der Waals surface area contributed by atoms with Crippen LogP contribution in [-0.2, 0) is 17.8 Å². The van der Waals surface area contributed by atoms with Gasteiger partial charge in [-0.2, -0.15) is 0 Å². The molecule has 0 spiro atoms. The number of rotatable bonds is 5. The normalized spacial score (nSPS) is 10.2. The Bertz CT molecular complexity index is 632. The van der Waals surface area contributed by atoms with Crippen molar-refractivity contribution in [2.45, 2.75) is 19.9 Å². The second-order valence-electron chi connectivity index (χ2n) is 4.62. The molecule has 0 saturated heterocycles. The number of amides is 1. The third-order valence-corrected chi connectivity index (χ3v) is 2.95. The maximum absolute atomic E-state index is 11.8. The SMILES string of the molecule is Cc1ccc(CC(=O)NCCn2cnccc2=O)cc1. The maximum atomic E-state index is 11.8. The molecular weight excluding hydrogens is 254 g/mol. The number of benzene rings is 1. The van der Waals surface area contributed by atoms with Gasteiger partial charge < -0.3 is 5.32 Å². The summed E-state index contributed by atoms with van der Waals surface area (Å²) in [5.74, 6) is -0.0502. The molecule has 0 aliphatic rings. The zero-order valence-corrected chi connectivity index (χ0v) is 11.4. The van der Waals surface area contributed by atoms with Crippen molar-refractivity contribution in [3.05, 3.63) is 64.3 Å². The van der Waals surface area contributed by atoms with Crippen LogP contribution >= 0.6 is 0 Å². The molecule has 0 bridgehead atoms. The van der Waals surface area contributed by atoms with Gasteiger partial charge >= 0.3 is 0 Å². The lowest BCUT2D eigenvalue weighted by Crippen LogP contribution is -2.31. The first-order valence-electron chi connectivity index (χ1n) is 6.48. The van der Waals surface area contributed by atoms with Gasteiger partial charge in [-0.1, -0.05) is 29.8 Å². The van der Waals surface area contributed by atoms with Crippen molar-refractivity contribution >= 4 is 5.91 Å². The Balaban J connectivity index is 1.80. The lowest BCUT2D eigenvalue weighted by Gasteiger charge is -2.07. The van der Waals surface area contributed by atoms with Crippen LogP contribution in [0.3, 0.4) is 0 Å². The number of hydrogen-bond donors (Lipinski definition) is 1. The molecule has 20 heavy (non-hydrogen) atoms. The largest absolute Gasteiger partial charge is 0.354 e. The van der Waals surface area contributed by atoms with Crippen molar-refractivity contribution in [2.75, 3.05) is 6.54 Å². The zero-order valence-electron chi connectivity index (χ0n) is 11.4. The van der Waals surface area contributed by atoms with Gasteiger partial charge in [0, 0.05) is 25.4 Å². The van der Waals surface area contributed by atoms with E-state index in [1.165, 1.54) is 28.7 Å². The Hall–Kier alpha value is -2.43. The Labute approximate surface area is 117 Å². The van der Waals surface area contributed by atoms with Crippen LogP contribution in [0.15, 0.2) is 47.7 Å². The van der Waals surface area contributed by atoms with E-state index in [-0.39, 0.29) is 11.5 Å². The van der Waals surface area contributed by atoms with E-state index >= 15 is 0 Å². The van der Waals surface area contributed by atoms with Gasteiger partial charge in [-0.15, -0.1) is 0 Å². The van der Waals surface area contributed by atoms with E-state index in [1.54, 1.807) is 0 Å². The standard InChI is InChI=1S/C15H17N3O2/c1-12-2-4-13(5-3-12)10-14(19)17-8-9-18-11-16-7-6-15(18)20/h2-7,11H,8-10H2,1H3,(H,17,19). The van der Waals surface area contributed by atoms with Gasteiger partial charge in [0.25, 0.3) is 5.56 Å². The average Bonchev–Trinajstić information content (AvgIpc) is 2.43. The van der Waals surface area contributed by atoms with Crippen molar-refractivity contribution in [1.29, 1.82) is 0 Å². The van der Waals surface area contributed by atoms with Gasteiger partial charge in [-0.05, 0) is 12.5 Å². The van der Waals surface area contributed by atoms with E-state index in [0.29, 0.717) is 19.5 Å². The van der Waals surface area contributed by atoms with Crippen LogP contribution < -0.4 is 10.9 Å². The molecule has 0 aliphatic heterocycles. The fourth-order valence-electron chi connectivity index (χ4n) is 1.82. The number of hydrogen-bond acceptors (Lipinski definition) is 3. The van der Waals surface area contributed by atoms with Crippen LogP contribution in [0.5, 0.6) is 0 Å². The Morgan fingerprint density at radius 2 is 2.00 bits per heavy atom. The molecule has 5 nitrogen and oxygen atoms in total. The third kappa shape index (κ3) is 4.05. The molecule has 1 aromatic carbocycles. The van der Waals surface area contributed by atoms with Gasteiger partial charge in [0.2, 0.25) is 5.91 Å². The average molecular weight is 271 g/mol. The van der Waals surface area contributed by atoms with E-state index in [1.807, 2.05) is 31.2 Å². The van der Waals surface area contributed by atoms with Crippen LogP contribution in [-0.4, -0.2) is 22.0 Å². The number of aryl methyl sites for hydroxylation is 1. The van der Waals surface area contributed by atoms with Gasteiger partial charge in [0.15, 0.2) is 0 Å². The van der Waals surface area contributed by atoms with E-state index in [2.05, 4.69) is 10.3 Å². The van der Waals surface area contributed by atoms with Crippen molar-refractivity contribution in [2.24, 2.45) is 0 Å². The van der Waals surface area contributed by atoms with Crippen molar-refractivity contribution in [3.8, 4) is 0 Å². The minimum atomic E-state index is -0.118. The summed E-state index contributed by atoms with van der Waals surface area (Å²) in [6, 6.07) is 9.25. The van der Waals surface area contributed by atoms with Crippen molar-refractivity contribution in [3.63, 3.8) is 0 Å². The number of nitrogens with zero attached hydrogens (tertiary/aromatic N) is 2. The Morgan fingerprint density at radius 1 is 1.25 bits per heavy atom. The molecule has 0 radical (unpaired) electrons. The van der Waals surface area contributed by atoms with Crippen molar-refractivity contribution < 1.29 is 4.79 Å². The molecule has 0 atom stereocenters. The van der Waals surface area contributed by atoms with Gasteiger partial charge in [-0.25, -0.2) is 4.98 Å². The molecule has 1 amide bonds. The highest BCUT2D eigenvalue weighted by Gasteiger charge is 2.03. The van der Waals surface area contributed by atoms with Crippen LogP contribution in [0.2, 0.25) is 0 Å². The number of aromatic nitrogens is 2. The molecule has 0 unspecified atom stereocenters. The topological polar surface area (TPSA) is 64.0 Å². The fraction of sp³-hybridized carbons (Fsp3) is 0.267. The third-order valence-electron chi connectivity index (χ3n) is 2.95. The van der Waals surface area contributed by atoms with Gasteiger partial charge in [0.05, 0.1) is 12.7 Å². The van der Waals surface area contributed by atoms with Crippen LogP contribution in [0.25, 0.3) is 0 Å². The summed E-state index contributed by atoms with van der Waals surface area (Å²) in [6.45, 7) is 2.85. The second-order valence-corrected chi connectivity index (χ2v) is 4.62. The molecule has 0 saturated carbocycles. The van der Waals surface area contributed by atoms with E-state index in [0.717, 1.165) is 5.56 Å². The van der Waals surface area contributed by atoms with Crippen LogP contribution in [0, 0.1) is 6.92 Å². The predicted octanol–water partition coefficient (Wildman–Crippen LogP) is 0.911. The molecule has 0 aliphatic carbocycles. The second kappa shape index (κ2) is 6.65. The summed E-state index contributed by atoms with van der Waals surface area (Å²) >= 11 is 0. The lowest BCUT2D eigenvalue weighted by molar-refractivity contribution is -0.120. The molecule has 0 fully saturated rings. The minimum absolute atomic E-state index is 0.0502. The van der Waals surface area contributed by atoms with Crippen LogP contribution in [0.4, 0.5) is 0 Å². The Kier molecular flexibility index (Phi) is 4.65. The molecule has 1 heterocycles.